The first kappa shape index (κ1) is 18.5. The third-order valence-electron chi connectivity index (χ3n) is 4.14. The average molecular weight is 380 g/mol. The van der Waals surface area contributed by atoms with Crippen molar-refractivity contribution in [3.05, 3.63) is 51.4 Å². The summed E-state index contributed by atoms with van der Waals surface area (Å²) in [5.41, 5.74) is 1.21. The summed E-state index contributed by atoms with van der Waals surface area (Å²) in [5, 5.41) is 3.03. The highest BCUT2D eigenvalue weighted by Crippen LogP contribution is 2.37. The molecule has 0 bridgehead atoms. The van der Waals surface area contributed by atoms with Crippen molar-refractivity contribution >= 4 is 28.2 Å². The van der Waals surface area contributed by atoms with Crippen LogP contribution in [-0.4, -0.2) is 37.0 Å². The Hall–Kier alpha value is -2.32. The van der Waals surface area contributed by atoms with Gasteiger partial charge in [-0.05, 0) is 44.2 Å². The molecule has 0 fully saturated rings. The van der Waals surface area contributed by atoms with E-state index in [2.05, 4.69) is 10.2 Å². The number of carbonyl (C=O) groups is 2. The number of thiophene rings is 1. The maximum absolute atomic E-state index is 13.4. The van der Waals surface area contributed by atoms with Gasteiger partial charge in [0, 0.05) is 23.5 Å². The summed E-state index contributed by atoms with van der Waals surface area (Å²) in [6.45, 7) is 3.41. The lowest BCUT2D eigenvalue weighted by atomic mass is 10.0. The van der Waals surface area contributed by atoms with E-state index in [1.165, 1.54) is 17.4 Å². The molecule has 138 valence electrons. The number of nitrogens with one attached hydrogen (secondary N) is 1. The zero-order chi connectivity index (χ0) is 18.8. The molecular formula is C18H18F2N2O3S. The fourth-order valence-corrected chi connectivity index (χ4v) is 4.16. The smallest absolute Gasteiger partial charge is 0.341 e. The molecule has 1 aromatic carbocycles. The summed E-state index contributed by atoms with van der Waals surface area (Å²) < 4.78 is 31.6. The molecule has 5 nitrogen and oxygen atoms in total. The van der Waals surface area contributed by atoms with Crippen molar-refractivity contribution in [3.8, 4) is 0 Å². The van der Waals surface area contributed by atoms with Crippen molar-refractivity contribution in [3.63, 3.8) is 0 Å². The minimum atomic E-state index is -1.10. The average Bonchev–Trinajstić information content (AvgIpc) is 2.94. The molecule has 0 aliphatic carbocycles. The van der Waals surface area contributed by atoms with Gasteiger partial charge in [0.2, 0.25) is 0 Å². The Labute approximate surface area is 153 Å². The first-order valence-electron chi connectivity index (χ1n) is 8.17. The number of hydrogen-bond donors (Lipinski definition) is 1. The molecule has 2 heterocycles. The van der Waals surface area contributed by atoms with Crippen molar-refractivity contribution in [2.24, 2.45) is 0 Å². The summed E-state index contributed by atoms with van der Waals surface area (Å²) >= 11 is 1.31. The Morgan fingerprint density at radius 2 is 2.08 bits per heavy atom. The number of carbonyl (C=O) groups excluding carboxylic acids is 2. The molecule has 0 radical (unpaired) electrons. The van der Waals surface area contributed by atoms with Crippen LogP contribution in [0.5, 0.6) is 0 Å². The SMILES string of the molecule is CCOC(=O)c1c(NC(=O)c2ccc(F)c(F)c2)sc2c1CCN(C)C2. The van der Waals surface area contributed by atoms with Gasteiger partial charge in [-0.2, -0.15) is 0 Å². The van der Waals surface area contributed by atoms with E-state index in [1.54, 1.807) is 6.92 Å². The van der Waals surface area contributed by atoms with Gasteiger partial charge >= 0.3 is 5.97 Å². The fraction of sp³-hybridized carbons (Fsp3) is 0.333. The van der Waals surface area contributed by atoms with Crippen LogP contribution in [0.15, 0.2) is 18.2 Å². The van der Waals surface area contributed by atoms with Crippen LogP contribution in [0, 0.1) is 11.6 Å². The van der Waals surface area contributed by atoms with E-state index in [0.29, 0.717) is 23.5 Å². The lowest BCUT2D eigenvalue weighted by Gasteiger charge is -2.22. The van der Waals surface area contributed by atoms with Crippen LogP contribution in [0.2, 0.25) is 0 Å². The molecule has 0 saturated heterocycles. The summed E-state index contributed by atoms with van der Waals surface area (Å²) in [6, 6.07) is 2.92. The highest BCUT2D eigenvalue weighted by atomic mass is 32.1. The van der Waals surface area contributed by atoms with Gasteiger partial charge < -0.3 is 15.0 Å². The molecule has 1 amide bonds. The maximum Gasteiger partial charge on any atom is 0.341 e. The lowest BCUT2D eigenvalue weighted by Crippen LogP contribution is -2.26. The Morgan fingerprint density at radius 3 is 2.77 bits per heavy atom. The van der Waals surface area contributed by atoms with Crippen LogP contribution in [0.1, 0.15) is 38.1 Å². The highest BCUT2D eigenvalue weighted by Gasteiger charge is 2.28. The maximum atomic E-state index is 13.4. The molecule has 3 rings (SSSR count). The van der Waals surface area contributed by atoms with Crippen molar-refractivity contribution < 1.29 is 23.1 Å². The number of benzene rings is 1. The van der Waals surface area contributed by atoms with Gasteiger partial charge in [-0.3, -0.25) is 4.79 Å². The molecule has 0 spiro atoms. The molecular weight excluding hydrogens is 362 g/mol. The Kier molecular flexibility index (Phi) is 5.33. The monoisotopic (exact) mass is 380 g/mol. The molecule has 0 atom stereocenters. The minimum absolute atomic E-state index is 0.0257. The molecule has 1 aromatic heterocycles. The van der Waals surface area contributed by atoms with E-state index in [9.17, 15) is 18.4 Å². The summed E-state index contributed by atoms with van der Waals surface area (Å²) in [7, 11) is 1.98. The molecule has 1 aliphatic rings. The zero-order valence-corrected chi connectivity index (χ0v) is 15.2. The number of halogens is 2. The van der Waals surface area contributed by atoms with Gasteiger partial charge in [-0.15, -0.1) is 11.3 Å². The van der Waals surface area contributed by atoms with E-state index in [0.717, 1.165) is 29.1 Å². The number of rotatable bonds is 4. The van der Waals surface area contributed by atoms with Gasteiger partial charge in [-0.25, -0.2) is 13.6 Å². The number of nitrogens with zero attached hydrogens (tertiary/aromatic N) is 1. The molecule has 1 N–H and O–H groups in total. The second-order valence-corrected chi connectivity index (χ2v) is 7.10. The topological polar surface area (TPSA) is 58.6 Å². The zero-order valence-electron chi connectivity index (χ0n) is 14.4. The van der Waals surface area contributed by atoms with Gasteiger partial charge in [0.05, 0.1) is 12.2 Å². The van der Waals surface area contributed by atoms with E-state index in [4.69, 9.17) is 4.74 Å². The Balaban J connectivity index is 1.94. The summed E-state index contributed by atoms with van der Waals surface area (Å²) in [6.07, 6.45) is 0.678. The van der Waals surface area contributed by atoms with Crippen LogP contribution < -0.4 is 5.32 Å². The third-order valence-corrected chi connectivity index (χ3v) is 5.27. The minimum Gasteiger partial charge on any atom is -0.462 e. The Bertz CT molecular complexity index is 866. The molecule has 26 heavy (non-hydrogen) atoms. The summed E-state index contributed by atoms with van der Waals surface area (Å²) in [5.74, 6) is -3.23. The van der Waals surface area contributed by atoms with E-state index < -0.39 is 23.5 Å². The molecule has 2 aromatic rings. The molecule has 1 aliphatic heterocycles. The molecule has 0 saturated carbocycles. The largest absolute Gasteiger partial charge is 0.462 e. The quantitative estimate of drug-likeness (QED) is 0.826. The predicted octanol–water partition coefficient (Wildman–Crippen LogP) is 3.44. The first-order chi connectivity index (χ1) is 12.4. The predicted molar refractivity (Wildman–Crippen MR) is 94.6 cm³/mol. The number of ether oxygens (including phenoxy) is 1. The normalized spacial score (nSPS) is 14.0. The van der Waals surface area contributed by atoms with Gasteiger partial charge in [0.1, 0.15) is 5.00 Å². The van der Waals surface area contributed by atoms with Crippen LogP contribution in [-0.2, 0) is 17.7 Å². The number of esters is 1. The van der Waals surface area contributed by atoms with Gasteiger partial charge in [-0.1, -0.05) is 0 Å². The van der Waals surface area contributed by atoms with Gasteiger partial charge in [0.15, 0.2) is 11.6 Å². The molecule has 0 unspecified atom stereocenters. The second kappa shape index (κ2) is 7.51. The number of fused-ring (bicyclic) bond motifs is 1. The number of likely N-dealkylation sites (N-methyl/N-ethyl adjacent to an activating group) is 1. The number of hydrogen-bond acceptors (Lipinski definition) is 5. The van der Waals surface area contributed by atoms with Crippen molar-refractivity contribution in [2.75, 3.05) is 25.5 Å². The van der Waals surface area contributed by atoms with Gasteiger partial charge in [0.25, 0.3) is 5.91 Å². The van der Waals surface area contributed by atoms with Crippen LogP contribution >= 0.6 is 11.3 Å². The van der Waals surface area contributed by atoms with Crippen molar-refractivity contribution in [2.45, 2.75) is 19.9 Å². The number of amides is 1. The summed E-state index contributed by atoms with van der Waals surface area (Å²) in [4.78, 5) is 27.9. The van der Waals surface area contributed by atoms with Crippen molar-refractivity contribution in [1.82, 2.24) is 4.90 Å². The van der Waals surface area contributed by atoms with Crippen molar-refractivity contribution in [1.29, 1.82) is 0 Å². The number of anilines is 1. The molecule has 8 heteroatoms. The second-order valence-electron chi connectivity index (χ2n) is 6.00. The third kappa shape index (κ3) is 3.61. The standard InChI is InChI=1S/C18H18F2N2O3S/c1-3-25-18(24)15-11-6-7-22(2)9-14(11)26-17(15)21-16(23)10-4-5-12(19)13(20)8-10/h4-5,8H,3,6-7,9H2,1-2H3,(H,21,23). The van der Waals surface area contributed by atoms with E-state index >= 15 is 0 Å². The van der Waals surface area contributed by atoms with Crippen LogP contribution in [0.4, 0.5) is 13.8 Å². The Morgan fingerprint density at radius 1 is 1.31 bits per heavy atom. The van der Waals surface area contributed by atoms with E-state index in [-0.39, 0.29) is 12.2 Å². The first-order valence-corrected chi connectivity index (χ1v) is 8.99. The highest BCUT2D eigenvalue weighted by molar-refractivity contribution is 7.17. The van der Waals surface area contributed by atoms with E-state index in [1.807, 2.05) is 7.05 Å². The van der Waals surface area contributed by atoms with Crippen LogP contribution in [0.25, 0.3) is 0 Å². The fourth-order valence-electron chi connectivity index (χ4n) is 2.85. The van der Waals surface area contributed by atoms with Crippen LogP contribution in [0.3, 0.4) is 0 Å². The lowest BCUT2D eigenvalue weighted by molar-refractivity contribution is 0.0526.